The number of hydrogen-bond donors (Lipinski definition) is 1. The van der Waals surface area contributed by atoms with Crippen LogP contribution in [0.5, 0.6) is 0 Å². The number of fused-ring (bicyclic) bond motifs is 2. The Bertz CT molecular complexity index is 1250. The molecule has 0 aliphatic carbocycles. The highest BCUT2D eigenvalue weighted by Crippen LogP contribution is 2.54. The summed E-state index contributed by atoms with van der Waals surface area (Å²) in [7, 11) is 0. The first kappa shape index (κ1) is 23.7. The number of hydrogen-bond acceptors (Lipinski definition) is 7. The minimum atomic E-state index is -1.19. The first-order valence-corrected chi connectivity index (χ1v) is 12.6. The highest BCUT2D eigenvalue weighted by molar-refractivity contribution is 6.08. The number of amides is 3. The van der Waals surface area contributed by atoms with Gasteiger partial charge in [-0.15, -0.1) is 0 Å². The molecular weight excluding hydrogens is 478 g/mol. The van der Waals surface area contributed by atoms with Crippen molar-refractivity contribution in [2.24, 2.45) is 5.92 Å². The fourth-order valence-electron chi connectivity index (χ4n) is 5.92. The molecule has 0 unspecified atom stereocenters. The molecule has 6 rings (SSSR count). The smallest absolute Gasteiger partial charge is 0.414 e. The van der Waals surface area contributed by atoms with Crippen molar-refractivity contribution in [2.75, 3.05) is 47.6 Å². The molecule has 2 aromatic carbocycles. The number of aliphatic hydroxyl groups excluding tert-OH is 1. The lowest BCUT2D eigenvalue weighted by atomic mass is 9.82. The maximum absolute atomic E-state index is 14.1. The number of carbonyl (C=O) groups is 3. The van der Waals surface area contributed by atoms with Gasteiger partial charge in [0.2, 0.25) is 0 Å². The zero-order chi connectivity index (χ0) is 25.7. The van der Waals surface area contributed by atoms with Crippen LogP contribution in [-0.2, 0) is 31.2 Å². The van der Waals surface area contributed by atoms with Crippen molar-refractivity contribution in [1.82, 2.24) is 0 Å². The Morgan fingerprint density at radius 3 is 2.22 bits per heavy atom. The van der Waals surface area contributed by atoms with Crippen LogP contribution in [0.1, 0.15) is 30.9 Å². The number of ether oxygens (including phenoxy) is 3. The summed E-state index contributed by atoms with van der Waals surface area (Å²) >= 11 is 0. The molecule has 0 aromatic heterocycles. The minimum absolute atomic E-state index is 0.0191. The Labute approximate surface area is 214 Å². The maximum atomic E-state index is 14.1. The van der Waals surface area contributed by atoms with Crippen molar-refractivity contribution in [3.05, 3.63) is 53.6 Å². The van der Waals surface area contributed by atoms with E-state index in [2.05, 4.69) is 0 Å². The number of carbonyl (C=O) groups excluding carboxylic acids is 3. The van der Waals surface area contributed by atoms with Gasteiger partial charge >= 0.3 is 12.2 Å². The molecule has 4 aliphatic heterocycles. The van der Waals surface area contributed by atoms with E-state index >= 15 is 0 Å². The molecular formula is C27H29N3O7. The van der Waals surface area contributed by atoms with E-state index < -0.39 is 11.7 Å². The van der Waals surface area contributed by atoms with E-state index in [0.29, 0.717) is 51.4 Å². The summed E-state index contributed by atoms with van der Waals surface area (Å²) < 4.78 is 16.6. The number of rotatable bonds is 6. The van der Waals surface area contributed by atoms with Crippen LogP contribution in [0.3, 0.4) is 0 Å². The van der Waals surface area contributed by atoms with Gasteiger partial charge in [-0.25, -0.2) is 9.59 Å². The molecule has 0 radical (unpaired) electrons. The first-order valence-electron chi connectivity index (χ1n) is 12.6. The van der Waals surface area contributed by atoms with Gasteiger partial charge < -0.3 is 24.2 Å². The van der Waals surface area contributed by atoms with E-state index in [4.69, 9.17) is 14.2 Å². The second-order valence-electron chi connectivity index (χ2n) is 9.92. The Morgan fingerprint density at radius 1 is 0.946 bits per heavy atom. The molecule has 1 spiro atoms. The van der Waals surface area contributed by atoms with Crippen LogP contribution in [0.2, 0.25) is 0 Å². The summed E-state index contributed by atoms with van der Waals surface area (Å²) in [5, 5.41) is 9.52. The molecule has 10 nitrogen and oxygen atoms in total. The highest BCUT2D eigenvalue weighted by atomic mass is 16.6. The number of aliphatic hydroxyl groups is 1. The lowest BCUT2D eigenvalue weighted by Crippen LogP contribution is -2.43. The van der Waals surface area contributed by atoms with Gasteiger partial charge in [0.15, 0.2) is 5.60 Å². The summed E-state index contributed by atoms with van der Waals surface area (Å²) in [6.07, 6.45) is 0.0943. The van der Waals surface area contributed by atoms with Crippen molar-refractivity contribution in [1.29, 1.82) is 0 Å². The number of anilines is 3. The van der Waals surface area contributed by atoms with Crippen LogP contribution in [0.4, 0.5) is 26.7 Å². The molecule has 3 fully saturated rings. The van der Waals surface area contributed by atoms with Crippen molar-refractivity contribution in [3.8, 4) is 0 Å². The molecule has 0 saturated carbocycles. The molecule has 194 valence electrons. The molecule has 0 bridgehead atoms. The van der Waals surface area contributed by atoms with E-state index in [1.165, 1.54) is 0 Å². The SMILES string of the molecule is C[C@H]1C[C@@H](CCO)O[C@]12C(=O)N(Cc1ccc(N3CCOC3=O)cc1)c1ccc(N3CCOC3=O)cc12. The fraction of sp³-hybridized carbons (Fsp3) is 0.444. The Hall–Kier alpha value is -3.63. The van der Waals surface area contributed by atoms with Gasteiger partial charge in [-0.1, -0.05) is 19.1 Å². The molecule has 3 saturated heterocycles. The van der Waals surface area contributed by atoms with Crippen molar-refractivity contribution in [2.45, 2.75) is 38.0 Å². The molecule has 2 aromatic rings. The maximum Gasteiger partial charge on any atom is 0.414 e. The molecule has 3 amide bonds. The van der Waals surface area contributed by atoms with Crippen LogP contribution in [-0.4, -0.2) is 62.2 Å². The summed E-state index contributed by atoms with van der Waals surface area (Å²) in [4.78, 5) is 43.1. The minimum Gasteiger partial charge on any atom is -0.447 e. The van der Waals surface area contributed by atoms with E-state index in [-0.39, 0.29) is 30.6 Å². The van der Waals surface area contributed by atoms with Gasteiger partial charge in [0.05, 0.1) is 31.4 Å². The average molecular weight is 508 g/mol. The molecule has 4 heterocycles. The molecule has 1 N–H and O–H groups in total. The quantitative estimate of drug-likeness (QED) is 0.640. The summed E-state index contributed by atoms with van der Waals surface area (Å²) in [5.74, 6) is -0.270. The van der Waals surface area contributed by atoms with Gasteiger partial charge in [-0.3, -0.25) is 14.6 Å². The summed E-state index contributed by atoms with van der Waals surface area (Å²) in [6.45, 7) is 3.96. The van der Waals surface area contributed by atoms with Crippen LogP contribution < -0.4 is 14.7 Å². The van der Waals surface area contributed by atoms with Gasteiger partial charge in [0, 0.05) is 29.5 Å². The summed E-state index contributed by atoms with van der Waals surface area (Å²) in [5.41, 5.74) is 2.60. The van der Waals surface area contributed by atoms with Crippen molar-refractivity contribution < 1.29 is 33.7 Å². The zero-order valence-corrected chi connectivity index (χ0v) is 20.6. The average Bonchev–Trinajstić information content (AvgIpc) is 3.64. The van der Waals surface area contributed by atoms with E-state index in [1.807, 2.05) is 49.4 Å². The summed E-state index contributed by atoms with van der Waals surface area (Å²) in [6, 6.07) is 13.1. The fourth-order valence-corrected chi connectivity index (χ4v) is 5.92. The largest absolute Gasteiger partial charge is 0.447 e. The predicted octanol–water partition coefficient (Wildman–Crippen LogP) is 3.15. The lowest BCUT2D eigenvalue weighted by molar-refractivity contribution is -0.146. The Balaban J connectivity index is 1.35. The third-order valence-corrected chi connectivity index (χ3v) is 7.77. The standard InChI is InChI=1S/C27H29N3O7/c1-17-14-21(8-11-31)37-27(17)22-15-20(29-10-13-36-26(29)34)6-7-23(22)30(24(27)32)16-18-2-4-19(5-3-18)28-9-12-35-25(28)33/h2-7,15,17,21,31H,8-14,16H2,1H3/t17-,21+,27+/m0/s1. The number of benzene rings is 2. The van der Waals surface area contributed by atoms with Gasteiger partial charge in [0.1, 0.15) is 13.2 Å². The zero-order valence-electron chi connectivity index (χ0n) is 20.6. The topological polar surface area (TPSA) is 109 Å². The van der Waals surface area contributed by atoms with Crippen LogP contribution in [0, 0.1) is 5.92 Å². The van der Waals surface area contributed by atoms with Gasteiger partial charge in [-0.05, 0) is 48.7 Å². The van der Waals surface area contributed by atoms with Gasteiger partial charge in [-0.2, -0.15) is 0 Å². The monoisotopic (exact) mass is 507 g/mol. The first-order chi connectivity index (χ1) is 17.9. The Kier molecular flexibility index (Phi) is 5.80. The van der Waals surface area contributed by atoms with Crippen LogP contribution in [0.25, 0.3) is 0 Å². The van der Waals surface area contributed by atoms with Crippen molar-refractivity contribution in [3.63, 3.8) is 0 Å². The third kappa shape index (κ3) is 3.74. The second kappa shape index (κ2) is 9.04. The van der Waals surface area contributed by atoms with E-state index in [0.717, 1.165) is 22.5 Å². The Morgan fingerprint density at radius 2 is 1.59 bits per heavy atom. The second-order valence-corrected chi connectivity index (χ2v) is 9.92. The van der Waals surface area contributed by atoms with Gasteiger partial charge in [0.25, 0.3) is 5.91 Å². The van der Waals surface area contributed by atoms with Crippen LogP contribution in [0.15, 0.2) is 42.5 Å². The van der Waals surface area contributed by atoms with Crippen LogP contribution >= 0.6 is 0 Å². The normalized spacial score (nSPS) is 26.9. The predicted molar refractivity (Wildman–Crippen MR) is 133 cm³/mol. The molecule has 10 heteroatoms. The van der Waals surface area contributed by atoms with Crippen molar-refractivity contribution >= 4 is 35.2 Å². The number of cyclic esters (lactones) is 2. The highest BCUT2D eigenvalue weighted by Gasteiger charge is 2.60. The molecule has 37 heavy (non-hydrogen) atoms. The van der Waals surface area contributed by atoms with E-state index in [9.17, 15) is 19.5 Å². The number of nitrogens with zero attached hydrogens (tertiary/aromatic N) is 3. The van der Waals surface area contributed by atoms with E-state index in [1.54, 1.807) is 14.7 Å². The molecule has 4 aliphatic rings. The third-order valence-electron chi connectivity index (χ3n) is 7.77. The molecule has 3 atom stereocenters. The lowest BCUT2D eigenvalue weighted by Gasteiger charge is -2.28.